The molecule has 0 fully saturated rings. The Balaban J connectivity index is 1.64. The van der Waals surface area contributed by atoms with Crippen LogP contribution in [0.25, 0.3) is 16.7 Å². The average molecular weight is 447 g/mol. The van der Waals surface area contributed by atoms with Crippen LogP contribution in [0.4, 0.5) is 0 Å². The highest BCUT2D eigenvalue weighted by Crippen LogP contribution is 2.27. The molecule has 2 aromatic heterocycles. The highest BCUT2D eigenvalue weighted by atomic mass is 35.5. The number of benzene rings is 3. The average Bonchev–Trinajstić information content (AvgIpc) is 3.21. The fraction of sp³-hybridized carbons (Fsp3) is 0.125. The van der Waals surface area contributed by atoms with E-state index in [1.54, 1.807) is 16.3 Å². The Hall–Kier alpha value is -3.09. The standard InChI is InChI=1S/C24H19ClN4OS/c1-16-10-12-17(13-11-16)14-28-22(30)19-7-3-5-9-21(19)29-23(28)26-27-24(29)31-15-18-6-2-4-8-20(18)25/h2-13H,14-15H2,1H3. The van der Waals surface area contributed by atoms with Crippen molar-refractivity contribution in [2.75, 3.05) is 0 Å². The van der Waals surface area contributed by atoms with Crippen molar-refractivity contribution < 1.29 is 0 Å². The number of hydrogen-bond donors (Lipinski definition) is 0. The first-order valence-corrected chi connectivity index (χ1v) is 11.3. The van der Waals surface area contributed by atoms with Gasteiger partial charge in [-0.15, -0.1) is 10.2 Å². The minimum Gasteiger partial charge on any atom is -0.272 e. The summed E-state index contributed by atoms with van der Waals surface area (Å²) in [4.78, 5) is 13.3. The highest BCUT2D eigenvalue weighted by Gasteiger charge is 2.17. The van der Waals surface area contributed by atoms with Crippen molar-refractivity contribution in [2.24, 2.45) is 0 Å². The number of fused-ring (bicyclic) bond motifs is 3. The first kappa shape index (κ1) is 19.8. The molecule has 0 spiro atoms. The Morgan fingerprint density at radius 3 is 2.48 bits per heavy atom. The molecular weight excluding hydrogens is 428 g/mol. The van der Waals surface area contributed by atoms with Crippen molar-refractivity contribution in [1.29, 1.82) is 0 Å². The molecule has 0 radical (unpaired) electrons. The van der Waals surface area contributed by atoms with Crippen LogP contribution in [-0.2, 0) is 12.3 Å². The summed E-state index contributed by atoms with van der Waals surface area (Å²) in [7, 11) is 0. The number of hydrogen-bond acceptors (Lipinski definition) is 4. The molecule has 31 heavy (non-hydrogen) atoms. The predicted octanol–water partition coefficient (Wildman–Crippen LogP) is 5.35. The highest BCUT2D eigenvalue weighted by molar-refractivity contribution is 7.98. The topological polar surface area (TPSA) is 52.2 Å². The zero-order valence-electron chi connectivity index (χ0n) is 16.8. The molecule has 0 atom stereocenters. The van der Waals surface area contributed by atoms with Crippen molar-refractivity contribution in [1.82, 2.24) is 19.2 Å². The fourth-order valence-corrected chi connectivity index (χ4v) is 4.83. The molecule has 0 saturated carbocycles. The summed E-state index contributed by atoms with van der Waals surface area (Å²) in [6.07, 6.45) is 0. The molecule has 154 valence electrons. The molecule has 0 amide bonds. The van der Waals surface area contributed by atoms with Crippen LogP contribution in [0.1, 0.15) is 16.7 Å². The number of para-hydroxylation sites is 1. The summed E-state index contributed by atoms with van der Waals surface area (Å²) < 4.78 is 3.66. The lowest BCUT2D eigenvalue weighted by atomic mass is 10.1. The van der Waals surface area contributed by atoms with Gasteiger partial charge in [0.1, 0.15) is 0 Å². The largest absolute Gasteiger partial charge is 0.272 e. The van der Waals surface area contributed by atoms with Crippen LogP contribution in [0.3, 0.4) is 0 Å². The second-order valence-electron chi connectivity index (χ2n) is 7.39. The van der Waals surface area contributed by atoms with Crippen LogP contribution in [0.2, 0.25) is 5.02 Å². The number of nitrogens with zero attached hydrogens (tertiary/aromatic N) is 4. The van der Waals surface area contributed by atoms with E-state index in [0.29, 0.717) is 23.5 Å². The molecule has 3 aromatic carbocycles. The first-order valence-electron chi connectivity index (χ1n) is 9.90. The quantitative estimate of drug-likeness (QED) is 0.342. The minimum absolute atomic E-state index is 0.0706. The van der Waals surface area contributed by atoms with Gasteiger partial charge in [-0.2, -0.15) is 0 Å². The normalized spacial score (nSPS) is 11.4. The van der Waals surface area contributed by atoms with E-state index in [1.807, 2.05) is 84.1 Å². The Morgan fingerprint density at radius 2 is 1.68 bits per heavy atom. The third kappa shape index (κ3) is 3.73. The molecule has 5 nitrogen and oxygen atoms in total. The van der Waals surface area contributed by atoms with Crippen LogP contribution in [-0.4, -0.2) is 19.2 Å². The molecule has 0 unspecified atom stereocenters. The molecule has 0 N–H and O–H groups in total. The van der Waals surface area contributed by atoms with Crippen LogP contribution in [0.15, 0.2) is 82.7 Å². The van der Waals surface area contributed by atoms with Gasteiger partial charge in [0, 0.05) is 10.8 Å². The molecule has 0 aliphatic heterocycles. The van der Waals surface area contributed by atoms with Crippen molar-refractivity contribution in [3.8, 4) is 0 Å². The summed E-state index contributed by atoms with van der Waals surface area (Å²) in [6, 6.07) is 23.5. The zero-order valence-corrected chi connectivity index (χ0v) is 18.4. The van der Waals surface area contributed by atoms with E-state index in [9.17, 15) is 4.79 Å². The molecule has 2 heterocycles. The van der Waals surface area contributed by atoms with Crippen LogP contribution < -0.4 is 5.56 Å². The predicted molar refractivity (Wildman–Crippen MR) is 126 cm³/mol. The van der Waals surface area contributed by atoms with Gasteiger partial charge in [-0.1, -0.05) is 83.5 Å². The van der Waals surface area contributed by atoms with Crippen LogP contribution in [0.5, 0.6) is 0 Å². The molecule has 5 rings (SSSR count). The van der Waals surface area contributed by atoms with Gasteiger partial charge in [0.25, 0.3) is 5.56 Å². The summed E-state index contributed by atoms with van der Waals surface area (Å²) >= 11 is 7.87. The van der Waals surface area contributed by atoms with Gasteiger partial charge < -0.3 is 0 Å². The van der Waals surface area contributed by atoms with Gasteiger partial charge in [0.2, 0.25) is 5.78 Å². The van der Waals surface area contributed by atoms with Crippen LogP contribution >= 0.6 is 23.4 Å². The third-order valence-corrected chi connectivity index (χ3v) is 6.60. The fourth-order valence-electron chi connectivity index (χ4n) is 3.60. The number of rotatable bonds is 5. The molecule has 0 aliphatic carbocycles. The second-order valence-corrected chi connectivity index (χ2v) is 8.74. The lowest BCUT2D eigenvalue weighted by Gasteiger charge is -2.12. The Kier molecular flexibility index (Phi) is 5.26. The number of aryl methyl sites for hydroxylation is 1. The van der Waals surface area contributed by atoms with Crippen LogP contribution in [0, 0.1) is 6.92 Å². The SMILES string of the molecule is Cc1ccc(Cn2c(=O)c3ccccc3n3c(SCc4ccccc4Cl)nnc23)cc1. The van der Waals surface area contributed by atoms with E-state index in [2.05, 4.69) is 10.2 Å². The van der Waals surface area contributed by atoms with Crippen molar-refractivity contribution >= 4 is 40.0 Å². The molecule has 7 heteroatoms. The molecule has 5 aromatic rings. The molecular formula is C24H19ClN4OS. The van der Waals surface area contributed by atoms with Gasteiger partial charge >= 0.3 is 0 Å². The summed E-state index contributed by atoms with van der Waals surface area (Å²) in [5.41, 5.74) is 3.98. The number of thioether (sulfide) groups is 1. The van der Waals surface area contributed by atoms with Crippen molar-refractivity contribution in [3.05, 3.63) is 105 Å². The van der Waals surface area contributed by atoms with E-state index in [1.165, 1.54) is 5.56 Å². The van der Waals surface area contributed by atoms with Gasteiger partial charge in [0.15, 0.2) is 5.16 Å². The van der Waals surface area contributed by atoms with E-state index in [0.717, 1.165) is 26.8 Å². The van der Waals surface area contributed by atoms with Gasteiger partial charge in [0.05, 0.1) is 17.4 Å². The molecule has 0 saturated heterocycles. The van der Waals surface area contributed by atoms with E-state index >= 15 is 0 Å². The molecule has 0 bridgehead atoms. The van der Waals surface area contributed by atoms with Gasteiger partial charge in [-0.25, -0.2) is 0 Å². The van der Waals surface area contributed by atoms with Gasteiger partial charge in [-0.05, 0) is 36.2 Å². The van der Waals surface area contributed by atoms with Crippen molar-refractivity contribution in [3.63, 3.8) is 0 Å². The molecule has 0 aliphatic rings. The monoisotopic (exact) mass is 446 g/mol. The summed E-state index contributed by atoms with van der Waals surface area (Å²) in [5.74, 6) is 1.19. The first-order chi connectivity index (χ1) is 15.1. The second kappa shape index (κ2) is 8.21. The lowest BCUT2D eigenvalue weighted by molar-refractivity contribution is 0.763. The third-order valence-electron chi connectivity index (χ3n) is 5.25. The number of halogens is 1. The maximum Gasteiger partial charge on any atom is 0.263 e. The Morgan fingerprint density at radius 1 is 0.935 bits per heavy atom. The minimum atomic E-state index is -0.0706. The van der Waals surface area contributed by atoms with E-state index in [-0.39, 0.29) is 5.56 Å². The van der Waals surface area contributed by atoms with Crippen molar-refractivity contribution in [2.45, 2.75) is 24.4 Å². The zero-order chi connectivity index (χ0) is 21.4. The Labute approximate surface area is 188 Å². The Bertz CT molecular complexity index is 1460. The van der Waals surface area contributed by atoms with E-state index < -0.39 is 0 Å². The maximum absolute atomic E-state index is 13.3. The lowest BCUT2D eigenvalue weighted by Crippen LogP contribution is -2.24. The summed E-state index contributed by atoms with van der Waals surface area (Å²) in [6.45, 7) is 2.48. The number of aromatic nitrogens is 4. The smallest absolute Gasteiger partial charge is 0.263 e. The van der Waals surface area contributed by atoms with E-state index in [4.69, 9.17) is 11.6 Å². The summed E-state index contributed by atoms with van der Waals surface area (Å²) in [5, 5.41) is 10.9. The maximum atomic E-state index is 13.3. The van der Waals surface area contributed by atoms with Gasteiger partial charge in [-0.3, -0.25) is 13.8 Å².